The number of ether oxygens (including phenoxy) is 1. The number of hydrogen-bond donors (Lipinski definition) is 5. The van der Waals surface area contributed by atoms with Crippen LogP contribution < -0.4 is 10.8 Å². The van der Waals surface area contributed by atoms with Gasteiger partial charge in [0, 0.05) is 6.54 Å². The molecule has 4 rings (SSSR count). The van der Waals surface area contributed by atoms with Crippen LogP contribution in [-0.4, -0.2) is 59.5 Å². The molecule has 1 unspecified atom stereocenters. The van der Waals surface area contributed by atoms with Gasteiger partial charge in [-0.15, -0.1) is 0 Å². The summed E-state index contributed by atoms with van der Waals surface area (Å²) in [6.07, 6.45) is -1.38. The van der Waals surface area contributed by atoms with E-state index in [-0.39, 0.29) is 6.61 Å². The molecule has 1 aliphatic rings. The summed E-state index contributed by atoms with van der Waals surface area (Å²) < 4.78 is 12.2. The number of nitrogens with two attached hydrogens (primary N) is 1. The number of rotatable bonds is 7. The first-order valence-electron chi connectivity index (χ1n) is 8.88. The normalized spacial score (nSPS) is 25.4. The highest BCUT2D eigenvalue weighted by molar-refractivity contribution is 7.43. The van der Waals surface area contributed by atoms with Gasteiger partial charge < -0.3 is 29.7 Å². The van der Waals surface area contributed by atoms with Gasteiger partial charge in [-0.1, -0.05) is 30.3 Å². The van der Waals surface area contributed by atoms with Gasteiger partial charge in [0.1, 0.15) is 24.6 Å². The highest BCUT2D eigenvalue weighted by atomic mass is 31.2. The van der Waals surface area contributed by atoms with Gasteiger partial charge in [0.05, 0.1) is 12.9 Å². The highest BCUT2D eigenvalue weighted by Gasteiger charge is 2.44. The SMILES string of the molecule is NP(O)OC[C@H]1O[C@@H](n2cnc3c(NCc4ccccc4)ncnc32)[C@H](O)[C@@H]1O. The summed E-state index contributed by atoms with van der Waals surface area (Å²) in [5.74, 6) is 0.541. The van der Waals surface area contributed by atoms with E-state index < -0.39 is 33.1 Å². The fourth-order valence-electron chi connectivity index (χ4n) is 3.20. The lowest BCUT2D eigenvalue weighted by molar-refractivity contribution is -0.0472. The summed E-state index contributed by atoms with van der Waals surface area (Å²) in [5.41, 5.74) is 7.24. The van der Waals surface area contributed by atoms with Crippen molar-refractivity contribution < 1.29 is 24.4 Å². The predicted octanol–water partition coefficient (Wildman–Crippen LogP) is 0.252. The lowest BCUT2D eigenvalue weighted by Gasteiger charge is -2.16. The molecule has 29 heavy (non-hydrogen) atoms. The van der Waals surface area contributed by atoms with Gasteiger partial charge in [-0.2, -0.15) is 0 Å². The Hall–Kier alpha value is -2.24. The van der Waals surface area contributed by atoms with Crippen molar-refractivity contribution in [2.45, 2.75) is 31.1 Å². The van der Waals surface area contributed by atoms with Crippen LogP contribution in [0, 0.1) is 0 Å². The minimum atomic E-state index is -2.09. The third-order valence-electron chi connectivity index (χ3n) is 4.64. The zero-order valence-electron chi connectivity index (χ0n) is 15.2. The molecule has 0 bridgehead atoms. The monoisotopic (exact) mass is 420 g/mol. The maximum atomic E-state index is 10.4. The number of aliphatic hydroxyl groups is 2. The van der Waals surface area contributed by atoms with E-state index >= 15 is 0 Å². The Kier molecular flexibility index (Phi) is 5.97. The van der Waals surface area contributed by atoms with Crippen LogP contribution in [0.15, 0.2) is 43.0 Å². The molecular formula is C17H21N6O5P. The highest BCUT2D eigenvalue weighted by Crippen LogP contribution is 2.34. The Balaban J connectivity index is 1.54. The number of hydrogen-bond acceptors (Lipinski definition) is 10. The number of benzene rings is 1. The van der Waals surface area contributed by atoms with Crippen molar-refractivity contribution >= 4 is 25.5 Å². The topological polar surface area (TPSA) is 161 Å². The second-order valence-corrected chi connectivity index (χ2v) is 7.39. The molecular weight excluding hydrogens is 399 g/mol. The fraction of sp³-hybridized carbons (Fsp3) is 0.353. The van der Waals surface area contributed by atoms with E-state index in [1.54, 1.807) is 0 Å². The molecule has 1 aliphatic heterocycles. The minimum Gasteiger partial charge on any atom is -0.387 e. The van der Waals surface area contributed by atoms with E-state index in [0.29, 0.717) is 23.5 Å². The van der Waals surface area contributed by atoms with Crippen LogP contribution in [0.4, 0.5) is 5.82 Å². The van der Waals surface area contributed by atoms with Crippen molar-refractivity contribution in [1.82, 2.24) is 19.5 Å². The number of nitrogens with one attached hydrogen (secondary N) is 1. The van der Waals surface area contributed by atoms with E-state index in [0.717, 1.165) is 5.56 Å². The number of aliphatic hydroxyl groups excluding tert-OH is 2. The number of anilines is 1. The summed E-state index contributed by atoms with van der Waals surface area (Å²) in [6, 6.07) is 9.85. The van der Waals surface area contributed by atoms with Crippen LogP contribution in [0.3, 0.4) is 0 Å². The van der Waals surface area contributed by atoms with Gasteiger partial charge in [-0.25, -0.2) is 15.0 Å². The van der Waals surface area contributed by atoms with E-state index in [2.05, 4.69) is 20.3 Å². The molecule has 0 aliphatic carbocycles. The van der Waals surface area contributed by atoms with Crippen LogP contribution in [0.5, 0.6) is 0 Å². The molecule has 0 spiro atoms. The molecule has 2 aromatic heterocycles. The first kappa shape index (κ1) is 20.0. The average Bonchev–Trinajstić information content (AvgIpc) is 3.27. The Morgan fingerprint density at radius 1 is 1.17 bits per heavy atom. The predicted molar refractivity (Wildman–Crippen MR) is 104 cm³/mol. The first-order chi connectivity index (χ1) is 14.0. The van der Waals surface area contributed by atoms with Gasteiger partial charge in [0.2, 0.25) is 8.53 Å². The number of imidazole rings is 1. The third-order valence-corrected chi connectivity index (χ3v) is 5.06. The summed E-state index contributed by atoms with van der Waals surface area (Å²) in [6.45, 7) is 0.405. The lowest BCUT2D eigenvalue weighted by Crippen LogP contribution is -2.33. The largest absolute Gasteiger partial charge is 0.387 e. The third kappa shape index (κ3) is 4.21. The zero-order chi connectivity index (χ0) is 20.4. The van der Waals surface area contributed by atoms with Gasteiger partial charge in [-0.3, -0.25) is 10.1 Å². The molecule has 0 amide bonds. The van der Waals surface area contributed by atoms with E-state index in [1.165, 1.54) is 17.2 Å². The molecule has 0 radical (unpaired) electrons. The molecule has 1 fully saturated rings. The summed E-state index contributed by atoms with van der Waals surface area (Å²) in [5, 5.41) is 23.9. The lowest BCUT2D eigenvalue weighted by atomic mass is 10.1. The van der Waals surface area contributed by atoms with Crippen molar-refractivity contribution in [2.24, 2.45) is 5.50 Å². The van der Waals surface area contributed by atoms with Crippen LogP contribution >= 0.6 is 8.53 Å². The van der Waals surface area contributed by atoms with Crippen molar-refractivity contribution in [3.05, 3.63) is 48.5 Å². The first-order valence-corrected chi connectivity index (χ1v) is 10.2. The van der Waals surface area contributed by atoms with Crippen LogP contribution in [-0.2, 0) is 15.8 Å². The Labute approximate surface area is 167 Å². The molecule has 1 aromatic carbocycles. The van der Waals surface area contributed by atoms with Crippen molar-refractivity contribution in [3.63, 3.8) is 0 Å². The standard InChI is InChI=1S/C17H21N6O5P/c18-29(26)27-7-11-13(24)14(25)17(28-11)23-9-22-12-15(20-8-21-16(12)23)19-6-10-4-2-1-3-5-10/h1-5,8-9,11,13-14,17,24-26H,6-7,18H2,(H,19,20,21)/t11-,13-,14-,17-,29?/m1/s1. The molecule has 154 valence electrons. The second kappa shape index (κ2) is 8.64. The summed E-state index contributed by atoms with van der Waals surface area (Å²) in [7, 11) is -2.09. The molecule has 6 N–H and O–H groups in total. The number of fused-ring (bicyclic) bond motifs is 1. The van der Waals surface area contributed by atoms with Crippen LogP contribution in [0.25, 0.3) is 11.2 Å². The van der Waals surface area contributed by atoms with Crippen molar-refractivity contribution in [2.75, 3.05) is 11.9 Å². The Morgan fingerprint density at radius 3 is 2.72 bits per heavy atom. The molecule has 5 atom stereocenters. The van der Waals surface area contributed by atoms with E-state index in [9.17, 15) is 10.2 Å². The smallest absolute Gasteiger partial charge is 0.250 e. The van der Waals surface area contributed by atoms with Gasteiger partial charge in [0.25, 0.3) is 0 Å². The number of aromatic nitrogens is 4. The molecule has 1 saturated heterocycles. The Morgan fingerprint density at radius 2 is 1.97 bits per heavy atom. The fourth-order valence-corrected chi connectivity index (χ4v) is 3.50. The van der Waals surface area contributed by atoms with E-state index in [1.807, 2.05) is 30.3 Å². The molecule has 3 heterocycles. The zero-order valence-corrected chi connectivity index (χ0v) is 16.1. The quantitative estimate of drug-likeness (QED) is 0.335. The average molecular weight is 420 g/mol. The summed E-state index contributed by atoms with van der Waals surface area (Å²) in [4.78, 5) is 21.9. The maximum absolute atomic E-state index is 10.4. The summed E-state index contributed by atoms with van der Waals surface area (Å²) >= 11 is 0. The molecule has 11 nitrogen and oxygen atoms in total. The minimum absolute atomic E-state index is 0.154. The van der Waals surface area contributed by atoms with Crippen molar-refractivity contribution in [1.29, 1.82) is 0 Å². The van der Waals surface area contributed by atoms with Crippen LogP contribution in [0.2, 0.25) is 0 Å². The van der Waals surface area contributed by atoms with Crippen LogP contribution in [0.1, 0.15) is 11.8 Å². The van der Waals surface area contributed by atoms with Gasteiger partial charge in [-0.05, 0) is 5.56 Å². The van der Waals surface area contributed by atoms with E-state index in [4.69, 9.17) is 19.7 Å². The molecule has 12 heteroatoms. The Bertz CT molecular complexity index is 958. The maximum Gasteiger partial charge on any atom is 0.250 e. The molecule has 0 saturated carbocycles. The number of nitrogens with zero attached hydrogens (tertiary/aromatic N) is 4. The second-order valence-electron chi connectivity index (χ2n) is 6.53. The van der Waals surface area contributed by atoms with Gasteiger partial charge >= 0.3 is 0 Å². The molecule has 3 aromatic rings. The van der Waals surface area contributed by atoms with Gasteiger partial charge in [0.15, 0.2) is 23.2 Å². The van der Waals surface area contributed by atoms with Crippen molar-refractivity contribution in [3.8, 4) is 0 Å².